The van der Waals surface area contributed by atoms with Gasteiger partial charge in [-0.1, -0.05) is 13.0 Å². The Hall–Kier alpha value is -1.03. The lowest BCUT2D eigenvalue weighted by molar-refractivity contribution is 0.205. The van der Waals surface area contributed by atoms with Gasteiger partial charge in [-0.05, 0) is 24.6 Å². The molecule has 0 aliphatic heterocycles. The Labute approximate surface area is 114 Å². The van der Waals surface area contributed by atoms with E-state index in [0.717, 1.165) is 5.56 Å². The maximum absolute atomic E-state index is 12.1. The van der Waals surface area contributed by atoms with Crippen molar-refractivity contribution in [1.29, 1.82) is 0 Å². The molecule has 0 amide bonds. The fourth-order valence-electron chi connectivity index (χ4n) is 1.56. The molecule has 1 rings (SSSR count). The van der Waals surface area contributed by atoms with Crippen molar-refractivity contribution >= 4 is 7.60 Å². The summed E-state index contributed by atoms with van der Waals surface area (Å²) < 4.78 is 33.1. The van der Waals surface area contributed by atoms with E-state index in [1.807, 2.05) is 6.07 Å². The van der Waals surface area contributed by atoms with E-state index in [1.165, 1.54) is 0 Å². The molecule has 1 aromatic carbocycles. The Kier molecular flexibility index (Phi) is 6.35. The van der Waals surface area contributed by atoms with Crippen molar-refractivity contribution in [2.24, 2.45) is 0 Å². The maximum Gasteiger partial charge on any atom is 0.330 e. The SMILES string of the molecule is CCOP(=O)(CC)OCc1ccc(OC)c(OC)c1. The molecule has 0 aromatic heterocycles. The number of ether oxygens (including phenoxy) is 2. The zero-order valence-electron chi connectivity index (χ0n) is 11.8. The minimum Gasteiger partial charge on any atom is -0.493 e. The topological polar surface area (TPSA) is 54.0 Å². The zero-order valence-corrected chi connectivity index (χ0v) is 12.7. The fraction of sp³-hybridized carbons (Fsp3) is 0.538. The summed E-state index contributed by atoms with van der Waals surface area (Å²) in [6.07, 6.45) is 0.355. The van der Waals surface area contributed by atoms with Crippen LogP contribution in [0.4, 0.5) is 0 Å². The van der Waals surface area contributed by atoms with E-state index in [0.29, 0.717) is 24.3 Å². The molecule has 6 heteroatoms. The van der Waals surface area contributed by atoms with Crippen LogP contribution >= 0.6 is 7.60 Å². The Morgan fingerprint density at radius 3 is 2.26 bits per heavy atom. The van der Waals surface area contributed by atoms with Crippen LogP contribution in [0.5, 0.6) is 11.5 Å². The van der Waals surface area contributed by atoms with E-state index in [2.05, 4.69) is 0 Å². The van der Waals surface area contributed by atoms with Gasteiger partial charge in [-0.15, -0.1) is 0 Å². The molecular weight excluding hydrogens is 267 g/mol. The van der Waals surface area contributed by atoms with Crippen LogP contribution < -0.4 is 9.47 Å². The summed E-state index contributed by atoms with van der Waals surface area (Å²) >= 11 is 0. The summed E-state index contributed by atoms with van der Waals surface area (Å²) in [5.74, 6) is 1.26. The van der Waals surface area contributed by atoms with Crippen molar-refractivity contribution in [3.05, 3.63) is 23.8 Å². The predicted molar refractivity (Wildman–Crippen MR) is 74.1 cm³/mol. The summed E-state index contributed by atoms with van der Waals surface area (Å²) in [7, 11) is 0.167. The molecule has 0 radical (unpaired) electrons. The molecule has 108 valence electrons. The van der Waals surface area contributed by atoms with Crippen molar-refractivity contribution in [2.45, 2.75) is 20.5 Å². The normalized spacial score (nSPS) is 13.9. The molecule has 5 nitrogen and oxygen atoms in total. The molecule has 0 aliphatic rings. The molecular formula is C13H21O5P. The highest BCUT2D eigenvalue weighted by Gasteiger charge is 2.21. The minimum absolute atomic E-state index is 0.214. The van der Waals surface area contributed by atoms with Gasteiger partial charge >= 0.3 is 7.60 Å². The van der Waals surface area contributed by atoms with Crippen LogP contribution in [0.1, 0.15) is 19.4 Å². The van der Waals surface area contributed by atoms with Gasteiger partial charge in [0.25, 0.3) is 0 Å². The van der Waals surface area contributed by atoms with Gasteiger partial charge in [0.15, 0.2) is 11.5 Å². The summed E-state index contributed by atoms with van der Waals surface area (Å²) in [4.78, 5) is 0. The third kappa shape index (κ3) is 4.53. The van der Waals surface area contributed by atoms with Crippen molar-refractivity contribution in [1.82, 2.24) is 0 Å². The van der Waals surface area contributed by atoms with E-state index < -0.39 is 7.60 Å². The van der Waals surface area contributed by atoms with E-state index >= 15 is 0 Å². The van der Waals surface area contributed by atoms with Gasteiger partial charge in [-0.2, -0.15) is 0 Å². The molecule has 1 aromatic rings. The second-order valence-corrected chi connectivity index (χ2v) is 6.18. The Morgan fingerprint density at radius 1 is 1.05 bits per heavy atom. The molecule has 0 N–H and O–H groups in total. The van der Waals surface area contributed by atoms with Crippen LogP contribution in [0.3, 0.4) is 0 Å². The average Bonchev–Trinajstić information content (AvgIpc) is 2.45. The number of benzene rings is 1. The minimum atomic E-state index is -2.98. The van der Waals surface area contributed by atoms with Crippen LogP contribution in [0, 0.1) is 0 Å². The molecule has 19 heavy (non-hydrogen) atoms. The standard InChI is InChI=1S/C13H21O5P/c1-5-17-19(14,6-2)18-10-11-7-8-12(15-3)13(9-11)16-4/h7-9H,5-6,10H2,1-4H3. The first-order valence-corrected chi connectivity index (χ1v) is 7.90. The summed E-state index contributed by atoms with van der Waals surface area (Å²) in [6, 6.07) is 5.42. The van der Waals surface area contributed by atoms with Crippen molar-refractivity contribution in [2.75, 3.05) is 27.0 Å². The fourth-order valence-corrected chi connectivity index (χ4v) is 2.74. The van der Waals surface area contributed by atoms with Gasteiger partial charge in [-0.25, -0.2) is 0 Å². The lowest BCUT2D eigenvalue weighted by Crippen LogP contribution is -1.99. The van der Waals surface area contributed by atoms with Gasteiger partial charge in [-0.3, -0.25) is 4.57 Å². The van der Waals surface area contributed by atoms with Crippen LogP contribution in [0.15, 0.2) is 18.2 Å². The van der Waals surface area contributed by atoms with Crippen molar-refractivity contribution < 1.29 is 23.1 Å². The highest BCUT2D eigenvalue weighted by atomic mass is 31.2. The number of hydrogen-bond acceptors (Lipinski definition) is 5. The molecule has 1 atom stereocenters. The lowest BCUT2D eigenvalue weighted by Gasteiger charge is -2.16. The molecule has 0 aliphatic carbocycles. The van der Waals surface area contributed by atoms with Crippen LogP contribution in [-0.4, -0.2) is 27.0 Å². The van der Waals surface area contributed by atoms with E-state index in [4.69, 9.17) is 18.5 Å². The predicted octanol–water partition coefficient (Wildman–Crippen LogP) is 3.47. The van der Waals surface area contributed by atoms with Crippen molar-refractivity contribution in [3.63, 3.8) is 0 Å². The van der Waals surface area contributed by atoms with Gasteiger partial charge in [0.05, 0.1) is 27.4 Å². The van der Waals surface area contributed by atoms with Gasteiger partial charge in [0, 0.05) is 6.16 Å². The highest BCUT2D eigenvalue weighted by Crippen LogP contribution is 2.48. The Bertz CT molecular complexity index is 447. The van der Waals surface area contributed by atoms with Crippen LogP contribution in [0.2, 0.25) is 0 Å². The summed E-state index contributed by atoms with van der Waals surface area (Å²) in [5.41, 5.74) is 0.853. The molecule has 0 saturated heterocycles. The Morgan fingerprint density at radius 2 is 1.74 bits per heavy atom. The Balaban J connectivity index is 2.75. The zero-order chi connectivity index (χ0) is 14.3. The first-order chi connectivity index (χ1) is 9.08. The molecule has 1 unspecified atom stereocenters. The monoisotopic (exact) mass is 288 g/mol. The average molecular weight is 288 g/mol. The van der Waals surface area contributed by atoms with Gasteiger partial charge in [0.1, 0.15) is 0 Å². The van der Waals surface area contributed by atoms with Gasteiger partial charge in [0.2, 0.25) is 0 Å². The van der Waals surface area contributed by atoms with Crippen LogP contribution in [0.25, 0.3) is 0 Å². The molecule has 0 bridgehead atoms. The van der Waals surface area contributed by atoms with E-state index in [-0.39, 0.29) is 6.61 Å². The third-order valence-corrected chi connectivity index (χ3v) is 4.54. The first kappa shape index (κ1) is 16.0. The first-order valence-electron chi connectivity index (χ1n) is 6.17. The molecule has 0 fully saturated rings. The quantitative estimate of drug-likeness (QED) is 0.685. The summed E-state index contributed by atoms with van der Waals surface area (Å²) in [6.45, 7) is 4.16. The maximum atomic E-state index is 12.1. The molecule has 0 spiro atoms. The lowest BCUT2D eigenvalue weighted by atomic mass is 10.2. The smallest absolute Gasteiger partial charge is 0.330 e. The second kappa shape index (κ2) is 7.53. The summed E-state index contributed by atoms with van der Waals surface area (Å²) in [5, 5.41) is 0. The third-order valence-electron chi connectivity index (χ3n) is 2.59. The van der Waals surface area contributed by atoms with Crippen LogP contribution in [-0.2, 0) is 20.2 Å². The molecule has 0 heterocycles. The highest BCUT2D eigenvalue weighted by molar-refractivity contribution is 7.53. The number of hydrogen-bond donors (Lipinski definition) is 0. The van der Waals surface area contributed by atoms with E-state index in [9.17, 15) is 4.57 Å². The largest absolute Gasteiger partial charge is 0.493 e. The number of rotatable bonds is 8. The number of methoxy groups -OCH3 is 2. The second-order valence-electron chi connectivity index (χ2n) is 3.81. The van der Waals surface area contributed by atoms with Gasteiger partial charge < -0.3 is 18.5 Å². The molecule has 0 saturated carbocycles. The van der Waals surface area contributed by atoms with E-state index in [1.54, 1.807) is 40.2 Å². The van der Waals surface area contributed by atoms with Crippen molar-refractivity contribution in [3.8, 4) is 11.5 Å².